The van der Waals surface area contributed by atoms with Crippen LogP contribution < -0.4 is 10.1 Å². The molecule has 3 aromatic rings. The third-order valence-electron chi connectivity index (χ3n) is 3.47. The van der Waals surface area contributed by atoms with E-state index < -0.39 is 0 Å². The van der Waals surface area contributed by atoms with Crippen molar-refractivity contribution in [2.75, 3.05) is 12.4 Å². The third-order valence-corrected chi connectivity index (χ3v) is 3.47. The maximum absolute atomic E-state index is 12.4. The van der Waals surface area contributed by atoms with Gasteiger partial charge in [-0.15, -0.1) is 0 Å². The number of pyridine rings is 1. The van der Waals surface area contributed by atoms with Gasteiger partial charge in [-0.25, -0.2) is 0 Å². The van der Waals surface area contributed by atoms with Crippen LogP contribution in [0.3, 0.4) is 0 Å². The smallest absolute Gasteiger partial charge is 0.274 e. The van der Waals surface area contributed by atoms with Crippen LogP contribution >= 0.6 is 0 Å². The number of amides is 1. The van der Waals surface area contributed by atoms with Crippen molar-refractivity contribution in [3.63, 3.8) is 0 Å². The Morgan fingerprint density at radius 3 is 2.64 bits per heavy atom. The molecule has 0 radical (unpaired) electrons. The Hall–Kier alpha value is -2.88. The zero-order chi connectivity index (χ0) is 15.5. The van der Waals surface area contributed by atoms with Gasteiger partial charge < -0.3 is 10.1 Å². The molecule has 1 N–H and O–H groups in total. The highest BCUT2D eigenvalue weighted by atomic mass is 16.5. The fourth-order valence-electron chi connectivity index (χ4n) is 2.31. The molecule has 0 aliphatic heterocycles. The van der Waals surface area contributed by atoms with Crippen LogP contribution in [0.15, 0.2) is 54.7 Å². The van der Waals surface area contributed by atoms with Gasteiger partial charge in [-0.05, 0) is 36.1 Å². The minimum Gasteiger partial charge on any atom is -0.495 e. The summed E-state index contributed by atoms with van der Waals surface area (Å²) in [6, 6.07) is 15.2. The molecule has 0 spiro atoms. The molecule has 110 valence electrons. The number of carbonyl (C=O) groups is 1. The zero-order valence-corrected chi connectivity index (χ0v) is 12.5. The number of aryl methyl sites for hydroxylation is 1. The maximum Gasteiger partial charge on any atom is 0.274 e. The van der Waals surface area contributed by atoms with E-state index in [0.29, 0.717) is 17.1 Å². The van der Waals surface area contributed by atoms with Crippen molar-refractivity contribution in [3.05, 3.63) is 66.0 Å². The molecule has 1 aromatic heterocycles. The molecule has 0 unspecified atom stereocenters. The molecule has 0 saturated carbocycles. The minimum atomic E-state index is -0.255. The van der Waals surface area contributed by atoms with Gasteiger partial charge in [-0.2, -0.15) is 0 Å². The Bertz CT molecular complexity index is 843. The van der Waals surface area contributed by atoms with E-state index in [9.17, 15) is 4.79 Å². The van der Waals surface area contributed by atoms with Crippen LogP contribution in [0.25, 0.3) is 10.8 Å². The van der Waals surface area contributed by atoms with Gasteiger partial charge in [0.25, 0.3) is 5.91 Å². The van der Waals surface area contributed by atoms with Gasteiger partial charge in [0.05, 0.1) is 12.8 Å². The standard InChI is InChI=1S/C18H16N2O2/c1-12-7-8-17(22-2)15(9-12)20-18(21)16-10-13-5-3-4-6-14(13)11-19-16/h3-11H,1-2H3,(H,20,21). The van der Waals surface area contributed by atoms with Crippen LogP contribution in [0.1, 0.15) is 16.1 Å². The number of ether oxygens (including phenoxy) is 1. The van der Waals surface area contributed by atoms with Crippen molar-refractivity contribution in [1.82, 2.24) is 4.98 Å². The second-order valence-electron chi connectivity index (χ2n) is 5.07. The summed E-state index contributed by atoms with van der Waals surface area (Å²) in [5.41, 5.74) is 2.06. The number of hydrogen-bond acceptors (Lipinski definition) is 3. The summed E-state index contributed by atoms with van der Waals surface area (Å²) >= 11 is 0. The first-order chi connectivity index (χ1) is 10.7. The number of hydrogen-bond donors (Lipinski definition) is 1. The van der Waals surface area contributed by atoms with Crippen LogP contribution in [-0.4, -0.2) is 18.0 Å². The molecular weight excluding hydrogens is 276 g/mol. The van der Waals surface area contributed by atoms with E-state index in [1.165, 1.54) is 0 Å². The van der Waals surface area contributed by atoms with E-state index in [-0.39, 0.29) is 5.91 Å². The number of rotatable bonds is 3. The predicted octanol–water partition coefficient (Wildman–Crippen LogP) is 3.80. The number of anilines is 1. The van der Waals surface area contributed by atoms with Gasteiger partial charge in [0.1, 0.15) is 11.4 Å². The molecule has 0 aliphatic carbocycles. The first-order valence-electron chi connectivity index (χ1n) is 6.98. The van der Waals surface area contributed by atoms with Gasteiger partial charge in [0.15, 0.2) is 0 Å². The largest absolute Gasteiger partial charge is 0.495 e. The summed E-state index contributed by atoms with van der Waals surface area (Å²) in [7, 11) is 1.58. The van der Waals surface area contributed by atoms with Gasteiger partial charge in [0, 0.05) is 11.6 Å². The third kappa shape index (κ3) is 2.76. The van der Waals surface area contributed by atoms with E-state index in [1.54, 1.807) is 19.4 Å². The average molecular weight is 292 g/mol. The summed E-state index contributed by atoms with van der Waals surface area (Å²) < 4.78 is 5.27. The molecule has 3 rings (SSSR count). The van der Waals surface area contributed by atoms with Crippen molar-refractivity contribution in [1.29, 1.82) is 0 Å². The van der Waals surface area contributed by atoms with Crippen LogP contribution in [0, 0.1) is 6.92 Å². The molecular formula is C18H16N2O2. The Morgan fingerprint density at radius 1 is 1.09 bits per heavy atom. The van der Waals surface area contributed by atoms with Gasteiger partial charge in [-0.3, -0.25) is 9.78 Å². The lowest BCUT2D eigenvalue weighted by Crippen LogP contribution is -2.14. The Kier molecular flexibility index (Phi) is 3.74. The number of benzene rings is 2. The highest BCUT2D eigenvalue weighted by Gasteiger charge is 2.11. The van der Waals surface area contributed by atoms with Crippen LogP contribution in [0.2, 0.25) is 0 Å². The van der Waals surface area contributed by atoms with Gasteiger partial charge in [0.2, 0.25) is 0 Å². The molecule has 2 aromatic carbocycles. The minimum absolute atomic E-state index is 0.255. The molecule has 0 aliphatic rings. The van der Waals surface area contributed by atoms with Crippen LogP contribution in [-0.2, 0) is 0 Å². The molecule has 0 fully saturated rings. The summed E-state index contributed by atoms with van der Waals surface area (Å²) in [4.78, 5) is 16.6. The fraction of sp³-hybridized carbons (Fsp3) is 0.111. The highest BCUT2D eigenvalue weighted by molar-refractivity contribution is 6.05. The summed E-state index contributed by atoms with van der Waals surface area (Å²) in [5.74, 6) is 0.370. The van der Waals surface area contributed by atoms with Crippen LogP contribution in [0.5, 0.6) is 5.75 Å². The second kappa shape index (κ2) is 5.85. The normalized spacial score (nSPS) is 10.5. The van der Waals surface area contributed by atoms with E-state index in [2.05, 4.69) is 10.3 Å². The second-order valence-corrected chi connectivity index (χ2v) is 5.07. The lowest BCUT2D eigenvalue weighted by molar-refractivity contribution is 0.102. The number of nitrogens with one attached hydrogen (secondary N) is 1. The maximum atomic E-state index is 12.4. The molecule has 4 nitrogen and oxygen atoms in total. The molecule has 1 heterocycles. The fourth-order valence-corrected chi connectivity index (χ4v) is 2.31. The Balaban J connectivity index is 1.91. The number of fused-ring (bicyclic) bond motifs is 1. The van der Waals surface area contributed by atoms with Crippen molar-refractivity contribution in [2.24, 2.45) is 0 Å². The first kappa shape index (κ1) is 14.1. The number of nitrogens with zero attached hydrogens (tertiary/aromatic N) is 1. The molecule has 0 atom stereocenters. The highest BCUT2D eigenvalue weighted by Crippen LogP contribution is 2.25. The molecule has 22 heavy (non-hydrogen) atoms. The van der Waals surface area contributed by atoms with Gasteiger partial charge >= 0.3 is 0 Å². The average Bonchev–Trinajstić information content (AvgIpc) is 2.54. The van der Waals surface area contributed by atoms with Crippen molar-refractivity contribution in [2.45, 2.75) is 6.92 Å². The van der Waals surface area contributed by atoms with Crippen molar-refractivity contribution in [3.8, 4) is 5.75 Å². The number of methoxy groups -OCH3 is 1. The summed E-state index contributed by atoms with van der Waals surface area (Å²) in [5, 5.41) is 4.85. The molecule has 1 amide bonds. The molecule has 4 heteroatoms. The monoisotopic (exact) mass is 292 g/mol. The topological polar surface area (TPSA) is 51.2 Å². The lowest BCUT2D eigenvalue weighted by atomic mass is 10.1. The molecule has 0 bridgehead atoms. The first-order valence-corrected chi connectivity index (χ1v) is 6.98. The van der Waals surface area contributed by atoms with E-state index in [0.717, 1.165) is 16.3 Å². The van der Waals surface area contributed by atoms with Crippen molar-refractivity contribution < 1.29 is 9.53 Å². The van der Waals surface area contributed by atoms with Gasteiger partial charge in [-0.1, -0.05) is 30.3 Å². The van der Waals surface area contributed by atoms with Crippen molar-refractivity contribution >= 4 is 22.4 Å². The summed E-state index contributed by atoms with van der Waals surface area (Å²) in [6.45, 7) is 1.96. The lowest BCUT2D eigenvalue weighted by Gasteiger charge is -2.11. The Morgan fingerprint density at radius 2 is 1.86 bits per heavy atom. The Labute approximate surface area is 128 Å². The van der Waals surface area contributed by atoms with Crippen LogP contribution in [0.4, 0.5) is 5.69 Å². The quantitative estimate of drug-likeness (QED) is 0.798. The zero-order valence-electron chi connectivity index (χ0n) is 12.5. The summed E-state index contributed by atoms with van der Waals surface area (Å²) in [6.07, 6.45) is 1.71. The number of carbonyl (C=O) groups excluding carboxylic acids is 1. The van der Waals surface area contributed by atoms with E-state index in [4.69, 9.17) is 4.74 Å². The van der Waals surface area contributed by atoms with E-state index >= 15 is 0 Å². The van der Waals surface area contributed by atoms with E-state index in [1.807, 2.05) is 49.4 Å². The SMILES string of the molecule is COc1ccc(C)cc1NC(=O)c1cc2ccccc2cn1. The number of aromatic nitrogens is 1. The predicted molar refractivity (Wildman–Crippen MR) is 87.4 cm³/mol. The molecule has 0 saturated heterocycles.